The van der Waals surface area contributed by atoms with Crippen molar-refractivity contribution in [1.82, 2.24) is 0 Å². The first-order valence-corrected chi connectivity index (χ1v) is 10.5. The van der Waals surface area contributed by atoms with Crippen LogP contribution >= 0.6 is 0 Å². The average molecular weight is 260 g/mol. The van der Waals surface area contributed by atoms with Crippen LogP contribution in [-0.2, 0) is 4.43 Å². The molecule has 0 aliphatic rings. The van der Waals surface area contributed by atoms with Crippen molar-refractivity contribution >= 4 is 8.32 Å². The Labute approximate surface area is 109 Å². The standard InChI is InChI=1S/C14H33NOSi/c1-5-7-10-14(11-8-6-2)16-17(3,4)13-9-12-15/h14H,5-13,15H2,1-4H3. The lowest BCUT2D eigenvalue weighted by molar-refractivity contribution is 0.164. The van der Waals surface area contributed by atoms with E-state index in [1.54, 1.807) is 0 Å². The predicted octanol–water partition coefficient (Wildman–Crippen LogP) is 4.31. The van der Waals surface area contributed by atoms with E-state index in [1.807, 2.05) is 0 Å². The summed E-state index contributed by atoms with van der Waals surface area (Å²) in [6, 6.07) is 1.21. The molecule has 0 bridgehead atoms. The van der Waals surface area contributed by atoms with Crippen molar-refractivity contribution in [2.75, 3.05) is 6.54 Å². The maximum atomic E-state index is 6.43. The molecule has 3 heteroatoms. The van der Waals surface area contributed by atoms with Crippen LogP contribution in [0.3, 0.4) is 0 Å². The molecule has 0 unspecified atom stereocenters. The van der Waals surface area contributed by atoms with Gasteiger partial charge in [-0.3, -0.25) is 0 Å². The molecule has 2 nitrogen and oxygen atoms in total. The Balaban J connectivity index is 4.08. The van der Waals surface area contributed by atoms with Gasteiger partial charge >= 0.3 is 0 Å². The summed E-state index contributed by atoms with van der Waals surface area (Å²) in [5.74, 6) is 0. The summed E-state index contributed by atoms with van der Waals surface area (Å²) in [5, 5.41) is 0. The van der Waals surface area contributed by atoms with E-state index in [-0.39, 0.29) is 0 Å². The van der Waals surface area contributed by atoms with E-state index in [2.05, 4.69) is 26.9 Å². The van der Waals surface area contributed by atoms with Crippen LogP contribution in [0, 0.1) is 0 Å². The number of nitrogens with two attached hydrogens (primary N) is 1. The quantitative estimate of drug-likeness (QED) is 0.561. The third-order valence-electron chi connectivity index (χ3n) is 3.23. The van der Waals surface area contributed by atoms with Gasteiger partial charge in [-0.1, -0.05) is 39.5 Å². The van der Waals surface area contributed by atoms with Crippen molar-refractivity contribution in [2.45, 2.75) is 84.0 Å². The highest BCUT2D eigenvalue weighted by atomic mass is 28.4. The molecule has 0 aromatic rings. The second-order valence-electron chi connectivity index (χ2n) is 5.68. The zero-order valence-electron chi connectivity index (χ0n) is 12.4. The van der Waals surface area contributed by atoms with Gasteiger partial charge in [0.05, 0.1) is 0 Å². The summed E-state index contributed by atoms with van der Waals surface area (Å²) >= 11 is 0. The molecule has 17 heavy (non-hydrogen) atoms. The molecule has 0 rings (SSSR count). The van der Waals surface area contributed by atoms with Gasteiger partial charge in [0.1, 0.15) is 0 Å². The topological polar surface area (TPSA) is 35.2 Å². The van der Waals surface area contributed by atoms with Gasteiger partial charge in [-0.05, 0) is 44.9 Å². The molecule has 0 aromatic heterocycles. The van der Waals surface area contributed by atoms with Gasteiger partial charge in [0, 0.05) is 6.10 Å². The Bertz CT molecular complexity index is 166. The number of hydrogen-bond donors (Lipinski definition) is 1. The Morgan fingerprint density at radius 1 is 1.00 bits per heavy atom. The highest BCUT2D eigenvalue weighted by Gasteiger charge is 2.25. The van der Waals surface area contributed by atoms with Crippen LogP contribution in [0.5, 0.6) is 0 Å². The summed E-state index contributed by atoms with van der Waals surface area (Å²) in [7, 11) is -1.47. The summed E-state index contributed by atoms with van der Waals surface area (Å²) in [5.41, 5.74) is 5.59. The lowest BCUT2D eigenvalue weighted by Gasteiger charge is -2.29. The van der Waals surface area contributed by atoms with Gasteiger partial charge in [0.2, 0.25) is 0 Å². The second-order valence-corrected chi connectivity index (χ2v) is 9.93. The normalized spacial score (nSPS) is 12.4. The molecule has 0 aliphatic carbocycles. The first kappa shape index (κ1) is 17.1. The van der Waals surface area contributed by atoms with Gasteiger partial charge in [-0.2, -0.15) is 0 Å². The molecule has 0 amide bonds. The first-order valence-electron chi connectivity index (χ1n) is 7.43. The molecule has 2 N–H and O–H groups in total. The molecule has 0 atom stereocenters. The van der Waals surface area contributed by atoms with Crippen molar-refractivity contribution in [3.63, 3.8) is 0 Å². The summed E-state index contributed by atoms with van der Waals surface area (Å²) in [4.78, 5) is 0. The fourth-order valence-corrected chi connectivity index (χ4v) is 4.48. The maximum Gasteiger partial charge on any atom is 0.187 e. The lowest BCUT2D eigenvalue weighted by Crippen LogP contribution is -2.36. The highest BCUT2D eigenvalue weighted by molar-refractivity contribution is 6.71. The molecule has 104 valence electrons. The van der Waals surface area contributed by atoms with Crippen molar-refractivity contribution in [3.05, 3.63) is 0 Å². The van der Waals surface area contributed by atoms with Crippen LogP contribution in [0.2, 0.25) is 19.1 Å². The minimum Gasteiger partial charge on any atom is -0.414 e. The summed E-state index contributed by atoms with van der Waals surface area (Å²) in [6.45, 7) is 10.00. The van der Waals surface area contributed by atoms with Crippen LogP contribution in [0.15, 0.2) is 0 Å². The Morgan fingerprint density at radius 2 is 1.53 bits per heavy atom. The lowest BCUT2D eigenvalue weighted by atomic mass is 10.1. The number of rotatable bonds is 11. The van der Waals surface area contributed by atoms with Crippen molar-refractivity contribution in [3.8, 4) is 0 Å². The smallest absolute Gasteiger partial charge is 0.187 e. The molecule has 0 saturated carbocycles. The first-order chi connectivity index (χ1) is 8.05. The van der Waals surface area contributed by atoms with Gasteiger partial charge in [0.15, 0.2) is 8.32 Å². The SMILES string of the molecule is CCCCC(CCCC)O[Si](C)(C)CCCN. The van der Waals surface area contributed by atoms with E-state index in [9.17, 15) is 0 Å². The number of unbranched alkanes of at least 4 members (excludes halogenated alkanes) is 2. The average Bonchev–Trinajstić information content (AvgIpc) is 2.30. The second kappa shape index (κ2) is 10.1. The molecule has 0 aromatic carbocycles. The Kier molecular flexibility index (Phi) is 10.2. The molecule has 0 spiro atoms. The van der Waals surface area contributed by atoms with Gasteiger partial charge in [-0.15, -0.1) is 0 Å². The zero-order chi connectivity index (χ0) is 13.1. The Hall–Kier alpha value is 0.137. The van der Waals surface area contributed by atoms with E-state index < -0.39 is 8.32 Å². The third-order valence-corrected chi connectivity index (χ3v) is 5.76. The molecule has 0 aliphatic heterocycles. The van der Waals surface area contributed by atoms with Crippen LogP contribution in [-0.4, -0.2) is 21.0 Å². The van der Waals surface area contributed by atoms with Crippen LogP contribution in [0.4, 0.5) is 0 Å². The van der Waals surface area contributed by atoms with Gasteiger partial charge in [-0.25, -0.2) is 0 Å². The molecular weight excluding hydrogens is 226 g/mol. The molecule has 0 fully saturated rings. The largest absolute Gasteiger partial charge is 0.414 e. The highest BCUT2D eigenvalue weighted by Crippen LogP contribution is 2.21. The molecular formula is C14H33NOSi. The molecule has 0 heterocycles. The van der Waals surface area contributed by atoms with Crippen molar-refractivity contribution in [1.29, 1.82) is 0 Å². The van der Waals surface area contributed by atoms with Crippen LogP contribution in [0.1, 0.15) is 58.8 Å². The minimum absolute atomic E-state index is 0.509. The van der Waals surface area contributed by atoms with Gasteiger partial charge in [0.25, 0.3) is 0 Å². The van der Waals surface area contributed by atoms with Crippen LogP contribution < -0.4 is 5.73 Å². The molecule has 0 radical (unpaired) electrons. The minimum atomic E-state index is -1.47. The third kappa shape index (κ3) is 9.80. The van der Waals surface area contributed by atoms with Crippen LogP contribution in [0.25, 0.3) is 0 Å². The van der Waals surface area contributed by atoms with E-state index in [1.165, 1.54) is 44.6 Å². The maximum absolute atomic E-state index is 6.43. The van der Waals surface area contributed by atoms with E-state index in [0.717, 1.165) is 13.0 Å². The number of hydrogen-bond acceptors (Lipinski definition) is 2. The monoisotopic (exact) mass is 259 g/mol. The van der Waals surface area contributed by atoms with E-state index in [4.69, 9.17) is 10.2 Å². The van der Waals surface area contributed by atoms with E-state index in [0.29, 0.717) is 6.10 Å². The summed E-state index contributed by atoms with van der Waals surface area (Å²) in [6.07, 6.45) is 9.27. The van der Waals surface area contributed by atoms with Gasteiger partial charge < -0.3 is 10.2 Å². The fraction of sp³-hybridized carbons (Fsp3) is 1.00. The predicted molar refractivity (Wildman–Crippen MR) is 79.9 cm³/mol. The van der Waals surface area contributed by atoms with E-state index >= 15 is 0 Å². The summed E-state index contributed by atoms with van der Waals surface area (Å²) < 4.78 is 6.43. The van der Waals surface area contributed by atoms with Crippen molar-refractivity contribution < 1.29 is 4.43 Å². The fourth-order valence-electron chi connectivity index (χ4n) is 2.16. The Morgan fingerprint density at radius 3 is 1.94 bits per heavy atom. The zero-order valence-corrected chi connectivity index (χ0v) is 13.4. The molecule has 0 saturated heterocycles. The van der Waals surface area contributed by atoms with Crippen molar-refractivity contribution in [2.24, 2.45) is 5.73 Å².